The summed E-state index contributed by atoms with van der Waals surface area (Å²) in [6, 6.07) is 13.0. The van der Waals surface area contributed by atoms with Crippen LogP contribution in [0.1, 0.15) is 23.6 Å². The van der Waals surface area contributed by atoms with Crippen molar-refractivity contribution in [1.82, 2.24) is 9.80 Å². The number of likely N-dealkylation sites (N-methyl/N-ethyl adjacent to an activating group) is 1. The summed E-state index contributed by atoms with van der Waals surface area (Å²) in [5, 5.41) is 0.598. The van der Waals surface area contributed by atoms with Gasteiger partial charge in [-0.3, -0.25) is 9.59 Å². The predicted molar refractivity (Wildman–Crippen MR) is 120 cm³/mol. The van der Waals surface area contributed by atoms with E-state index in [9.17, 15) is 9.59 Å². The van der Waals surface area contributed by atoms with Gasteiger partial charge in [-0.1, -0.05) is 36.7 Å². The normalized spacial score (nSPS) is 18.0. The smallest absolute Gasteiger partial charge is 0.282 e. The van der Waals surface area contributed by atoms with Crippen LogP contribution in [-0.4, -0.2) is 54.3 Å². The van der Waals surface area contributed by atoms with Crippen molar-refractivity contribution in [1.29, 1.82) is 0 Å². The van der Waals surface area contributed by atoms with E-state index in [4.69, 9.17) is 11.6 Å². The van der Waals surface area contributed by atoms with Crippen LogP contribution in [0.5, 0.6) is 0 Å². The summed E-state index contributed by atoms with van der Waals surface area (Å²) in [7, 11) is 0. The van der Waals surface area contributed by atoms with Crippen molar-refractivity contribution in [2.24, 2.45) is 0 Å². The molecule has 6 heteroatoms. The molecule has 2 aromatic carbocycles. The molecule has 0 aromatic heterocycles. The molecule has 2 aliphatic heterocycles. The minimum absolute atomic E-state index is 0.250. The van der Waals surface area contributed by atoms with E-state index in [1.165, 1.54) is 4.90 Å². The number of nitrogens with zero attached hydrogens (tertiary/aromatic N) is 3. The Kier molecular flexibility index (Phi) is 5.67. The number of hydrogen-bond donors (Lipinski definition) is 0. The van der Waals surface area contributed by atoms with Gasteiger partial charge in [-0.15, -0.1) is 0 Å². The zero-order chi connectivity index (χ0) is 21.4. The third-order valence-electron chi connectivity index (χ3n) is 5.79. The van der Waals surface area contributed by atoms with Crippen molar-refractivity contribution in [2.75, 3.05) is 37.6 Å². The van der Waals surface area contributed by atoms with Crippen LogP contribution in [0, 0.1) is 13.8 Å². The lowest BCUT2D eigenvalue weighted by molar-refractivity contribution is -0.120. The number of aryl methyl sites for hydroxylation is 2. The van der Waals surface area contributed by atoms with Crippen LogP contribution in [0.15, 0.2) is 48.2 Å². The van der Waals surface area contributed by atoms with E-state index in [0.29, 0.717) is 22.0 Å². The SMILES string of the molecule is CCN1CCN(C2=C(c3ccc(Cl)cc3)C(=O)N(c3cc(C)cc(C)c3)C2=O)CC1. The topological polar surface area (TPSA) is 43.9 Å². The van der Waals surface area contributed by atoms with Gasteiger partial charge >= 0.3 is 0 Å². The summed E-state index contributed by atoms with van der Waals surface area (Å²) in [5.41, 5.74) is 4.33. The molecule has 1 fully saturated rings. The van der Waals surface area contributed by atoms with Crippen molar-refractivity contribution < 1.29 is 9.59 Å². The fourth-order valence-electron chi connectivity index (χ4n) is 4.29. The quantitative estimate of drug-likeness (QED) is 0.700. The van der Waals surface area contributed by atoms with Crippen LogP contribution in [0.3, 0.4) is 0 Å². The number of rotatable bonds is 4. The minimum atomic E-state index is -0.278. The third-order valence-corrected chi connectivity index (χ3v) is 6.04. The largest absolute Gasteiger partial charge is 0.364 e. The molecule has 2 aliphatic rings. The summed E-state index contributed by atoms with van der Waals surface area (Å²) < 4.78 is 0. The van der Waals surface area contributed by atoms with Crippen molar-refractivity contribution in [3.05, 3.63) is 69.9 Å². The van der Waals surface area contributed by atoms with E-state index in [1.807, 2.05) is 44.2 Å². The Bertz CT molecular complexity index is 1000. The fraction of sp³-hybridized carbons (Fsp3) is 0.333. The minimum Gasteiger partial charge on any atom is -0.364 e. The van der Waals surface area contributed by atoms with Gasteiger partial charge < -0.3 is 9.80 Å². The lowest BCUT2D eigenvalue weighted by Gasteiger charge is -2.36. The zero-order valence-corrected chi connectivity index (χ0v) is 18.4. The second kappa shape index (κ2) is 8.25. The molecular weight excluding hydrogens is 398 g/mol. The van der Waals surface area contributed by atoms with Gasteiger partial charge in [0.1, 0.15) is 5.70 Å². The molecule has 30 heavy (non-hydrogen) atoms. The van der Waals surface area contributed by atoms with Gasteiger partial charge in [-0.05, 0) is 61.3 Å². The van der Waals surface area contributed by atoms with Gasteiger partial charge in [-0.25, -0.2) is 4.90 Å². The molecule has 0 saturated carbocycles. The van der Waals surface area contributed by atoms with Crippen LogP contribution >= 0.6 is 11.6 Å². The molecule has 0 atom stereocenters. The molecule has 2 amide bonds. The zero-order valence-electron chi connectivity index (χ0n) is 17.6. The van der Waals surface area contributed by atoms with E-state index in [0.717, 1.165) is 49.4 Å². The van der Waals surface area contributed by atoms with E-state index in [-0.39, 0.29) is 11.8 Å². The number of halogens is 1. The Labute approximate surface area is 182 Å². The highest BCUT2D eigenvalue weighted by Crippen LogP contribution is 2.36. The fourth-order valence-corrected chi connectivity index (χ4v) is 4.42. The maximum absolute atomic E-state index is 13.6. The second-order valence-electron chi connectivity index (χ2n) is 7.94. The van der Waals surface area contributed by atoms with Crippen molar-refractivity contribution in [2.45, 2.75) is 20.8 Å². The van der Waals surface area contributed by atoms with Crippen molar-refractivity contribution in [3.8, 4) is 0 Å². The van der Waals surface area contributed by atoms with Gasteiger partial charge in [0.15, 0.2) is 0 Å². The number of hydrogen-bond acceptors (Lipinski definition) is 4. The van der Waals surface area contributed by atoms with Gasteiger partial charge in [0.05, 0.1) is 11.3 Å². The number of anilines is 1. The molecule has 5 nitrogen and oxygen atoms in total. The molecule has 1 saturated heterocycles. The first kappa shape index (κ1) is 20.6. The summed E-state index contributed by atoms with van der Waals surface area (Å²) in [5.74, 6) is -0.528. The monoisotopic (exact) mass is 423 g/mol. The summed E-state index contributed by atoms with van der Waals surface area (Å²) >= 11 is 6.07. The maximum atomic E-state index is 13.6. The number of amides is 2. The Morgan fingerprint density at radius 2 is 1.47 bits per heavy atom. The molecule has 0 N–H and O–H groups in total. The average Bonchev–Trinajstić information content (AvgIpc) is 2.98. The number of piperazine rings is 1. The second-order valence-corrected chi connectivity index (χ2v) is 8.38. The van der Waals surface area contributed by atoms with Crippen LogP contribution in [0.4, 0.5) is 5.69 Å². The van der Waals surface area contributed by atoms with Gasteiger partial charge in [0, 0.05) is 31.2 Å². The Hall–Kier alpha value is -2.63. The predicted octanol–water partition coefficient (Wildman–Crippen LogP) is 3.88. The molecule has 0 bridgehead atoms. The first-order valence-corrected chi connectivity index (χ1v) is 10.7. The number of carbonyl (C=O) groups is 2. The first-order valence-electron chi connectivity index (χ1n) is 10.3. The highest BCUT2D eigenvalue weighted by Gasteiger charge is 2.43. The highest BCUT2D eigenvalue weighted by atomic mass is 35.5. The number of imide groups is 1. The number of benzene rings is 2. The first-order chi connectivity index (χ1) is 14.4. The Morgan fingerprint density at radius 3 is 2.03 bits per heavy atom. The van der Waals surface area contributed by atoms with Crippen LogP contribution in [-0.2, 0) is 9.59 Å². The van der Waals surface area contributed by atoms with Gasteiger partial charge in [0.2, 0.25) is 0 Å². The molecule has 0 spiro atoms. The Morgan fingerprint density at radius 1 is 0.867 bits per heavy atom. The Balaban J connectivity index is 1.79. The molecular formula is C24H26ClN3O2. The summed E-state index contributed by atoms with van der Waals surface area (Å²) in [6.07, 6.45) is 0. The van der Waals surface area contributed by atoms with E-state index in [1.54, 1.807) is 12.1 Å². The van der Waals surface area contributed by atoms with E-state index in [2.05, 4.69) is 16.7 Å². The number of carbonyl (C=O) groups excluding carboxylic acids is 2. The molecule has 2 aromatic rings. The lowest BCUT2D eigenvalue weighted by atomic mass is 10.0. The molecule has 0 unspecified atom stereocenters. The van der Waals surface area contributed by atoms with Crippen LogP contribution < -0.4 is 4.90 Å². The van der Waals surface area contributed by atoms with E-state index >= 15 is 0 Å². The average molecular weight is 424 g/mol. The van der Waals surface area contributed by atoms with Gasteiger partial charge in [-0.2, -0.15) is 0 Å². The lowest BCUT2D eigenvalue weighted by Crippen LogP contribution is -2.47. The third kappa shape index (κ3) is 3.75. The van der Waals surface area contributed by atoms with Gasteiger partial charge in [0.25, 0.3) is 11.8 Å². The molecule has 156 valence electrons. The maximum Gasteiger partial charge on any atom is 0.282 e. The summed E-state index contributed by atoms with van der Waals surface area (Å²) in [4.78, 5) is 32.9. The van der Waals surface area contributed by atoms with Crippen molar-refractivity contribution in [3.63, 3.8) is 0 Å². The van der Waals surface area contributed by atoms with Crippen molar-refractivity contribution >= 4 is 34.7 Å². The summed E-state index contributed by atoms with van der Waals surface area (Å²) in [6.45, 7) is 10.3. The van der Waals surface area contributed by atoms with Crippen LogP contribution in [0.2, 0.25) is 5.02 Å². The molecule has 4 rings (SSSR count). The molecule has 0 radical (unpaired) electrons. The standard InChI is InChI=1S/C24H26ClN3O2/c1-4-26-9-11-27(12-10-26)22-21(18-5-7-19(25)8-6-18)23(29)28(24(22)30)20-14-16(2)13-17(3)15-20/h5-8,13-15H,4,9-12H2,1-3H3. The molecule has 0 aliphatic carbocycles. The van der Waals surface area contributed by atoms with Crippen LogP contribution in [0.25, 0.3) is 5.57 Å². The van der Waals surface area contributed by atoms with E-state index < -0.39 is 0 Å². The molecule has 2 heterocycles. The highest BCUT2D eigenvalue weighted by molar-refractivity contribution is 6.45.